The quantitative estimate of drug-likeness (QED) is 0.885. The number of aliphatic carboxylic acids is 1. The topological polar surface area (TPSA) is 72.5 Å². The number of hydrogen-bond acceptors (Lipinski definition) is 3. The van der Waals surface area contributed by atoms with E-state index in [1.807, 2.05) is 19.1 Å². The van der Waals surface area contributed by atoms with Crippen molar-refractivity contribution in [2.24, 2.45) is 5.73 Å². The van der Waals surface area contributed by atoms with Gasteiger partial charge in [0.1, 0.15) is 11.8 Å². The molecular weight excluding hydrogens is 274 g/mol. The normalized spacial score (nSPS) is 12.2. The van der Waals surface area contributed by atoms with Crippen molar-refractivity contribution in [2.45, 2.75) is 19.4 Å². The zero-order chi connectivity index (χ0) is 12.3. The minimum absolute atomic E-state index is 0.270. The molecule has 1 aromatic rings. The fourth-order valence-electron chi connectivity index (χ4n) is 1.40. The molecule has 0 aliphatic rings. The molecule has 1 rings (SSSR count). The lowest BCUT2D eigenvalue weighted by Gasteiger charge is -2.12. The van der Waals surface area contributed by atoms with Crippen molar-refractivity contribution < 1.29 is 14.6 Å². The molecule has 4 nitrogen and oxygen atoms in total. The second-order valence-corrected chi connectivity index (χ2v) is 4.42. The highest BCUT2D eigenvalue weighted by Gasteiger charge is 2.15. The summed E-state index contributed by atoms with van der Waals surface area (Å²) < 4.78 is 6.02. The molecule has 0 saturated carbocycles. The van der Waals surface area contributed by atoms with Crippen molar-refractivity contribution in [1.82, 2.24) is 0 Å². The Hall–Kier alpha value is -1.07. The maximum absolute atomic E-state index is 10.7. The summed E-state index contributed by atoms with van der Waals surface area (Å²) in [6.45, 7) is 1.92. The van der Waals surface area contributed by atoms with Crippen LogP contribution >= 0.6 is 15.9 Å². The summed E-state index contributed by atoms with van der Waals surface area (Å²) >= 11 is 3.38. The van der Waals surface area contributed by atoms with Gasteiger partial charge in [-0.1, -0.05) is 15.9 Å². The Morgan fingerprint density at radius 2 is 2.25 bits per heavy atom. The average molecular weight is 288 g/mol. The molecule has 0 radical (unpaired) electrons. The molecule has 0 saturated heterocycles. The summed E-state index contributed by atoms with van der Waals surface area (Å²) in [6, 6.07) is 2.80. The van der Waals surface area contributed by atoms with E-state index in [2.05, 4.69) is 15.9 Å². The maximum Gasteiger partial charge on any atom is 0.320 e. The van der Waals surface area contributed by atoms with E-state index in [0.717, 1.165) is 21.3 Å². The zero-order valence-electron chi connectivity index (χ0n) is 9.16. The van der Waals surface area contributed by atoms with Crippen LogP contribution in [0.4, 0.5) is 0 Å². The fraction of sp³-hybridized carbons (Fsp3) is 0.364. The molecule has 1 atom stereocenters. The van der Waals surface area contributed by atoms with Gasteiger partial charge >= 0.3 is 5.97 Å². The molecule has 0 aliphatic heterocycles. The van der Waals surface area contributed by atoms with Gasteiger partial charge in [0.05, 0.1) is 7.11 Å². The third-order valence-corrected chi connectivity index (χ3v) is 3.06. The zero-order valence-corrected chi connectivity index (χ0v) is 10.7. The molecule has 0 heterocycles. The van der Waals surface area contributed by atoms with E-state index in [1.165, 1.54) is 0 Å². The van der Waals surface area contributed by atoms with Crippen molar-refractivity contribution in [3.8, 4) is 5.75 Å². The fourth-order valence-corrected chi connectivity index (χ4v) is 2.02. The second-order valence-electron chi connectivity index (χ2n) is 3.56. The highest BCUT2D eigenvalue weighted by atomic mass is 79.9. The molecule has 16 heavy (non-hydrogen) atoms. The summed E-state index contributed by atoms with van der Waals surface area (Å²) in [7, 11) is 1.58. The van der Waals surface area contributed by atoms with E-state index in [-0.39, 0.29) is 6.42 Å². The second kappa shape index (κ2) is 5.32. The van der Waals surface area contributed by atoms with Gasteiger partial charge in [0.15, 0.2) is 0 Å². The Bertz CT molecular complexity index is 406. The molecule has 1 unspecified atom stereocenters. The van der Waals surface area contributed by atoms with Crippen LogP contribution in [0.3, 0.4) is 0 Å². The third-order valence-electron chi connectivity index (χ3n) is 2.32. The Kier molecular flexibility index (Phi) is 4.32. The van der Waals surface area contributed by atoms with Crippen molar-refractivity contribution in [3.05, 3.63) is 27.7 Å². The van der Waals surface area contributed by atoms with Crippen molar-refractivity contribution in [2.75, 3.05) is 7.11 Å². The van der Waals surface area contributed by atoms with Crippen LogP contribution in [-0.4, -0.2) is 24.2 Å². The molecule has 0 aliphatic carbocycles. The van der Waals surface area contributed by atoms with Gasteiger partial charge in [-0.3, -0.25) is 4.79 Å². The first-order valence-corrected chi connectivity index (χ1v) is 5.56. The standard InChI is InChI=1S/C11H14BrNO3/c1-6-3-8(12)7(5-10(6)16-2)4-9(13)11(14)15/h3,5,9H,4,13H2,1-2H3,(H,14,15). The van der Waals surface area contributed by atoms with Gasteiger partial charge in [0, 0.05) is 4.47 Å². The van der Waals surface area contributed by atoms with Gasteiger partial charge in [0.25, 0.3) is 0 Å². The number of methoxy groups -OCH3 is 1. The van der Waals surface area contributed by atoms with E-state index in [9.17, 15) is 4.79 Å². The maximum atomic E-state index is 10.7. The number of benzene rings is 1. The van der Waals surface area contributed by atoms with E-state index >= 15 is 0 Å². The van der Waals surface area contributed by atoms with Gasteiger partial charge in [-0.25, -0.2) is 0 Å². The van der Waals surface area contributed by atoms with E-state index in [4.69, 9.17) is 15.6 Å². The Labute approximate surface area is 103 Å². The van der Waals surface area contributed by atoms with Gasteiger partial charge in [0.2, 0.25) is 0 Å². The highest BCUT2D eigenvalue weighted by Crippen LogP contribution is 2.27. The van der Waals surface area contributed by atoms with Crippen molar-refractivity contribution in [3.63, 3.8) is 0 Å². The van der Waals surface area contributed by atoms with E-state index in [1.54, 1.807) is 7.11 Å². The molecule has 0 fully saturated rings. The number of ether oxygens (including phenoxy) is 1. The summed E-state index contributed by atoms with van der Waals surface area (Å²) in [4.78, 5) is 10.7. The van der Waals surface area contributed by atoms with Crippen molar-refractivity contribution >= 4 is 21.9 Å². The molecule has 88 valence electrons. The molecule has 3 N–H and O–H groups in total. The first-order chi connectivity index (χ1) is 7.45. The minimum Gasteiger partial charge on any atom is -0.496 e. The summed E-state index contributed by atoms with van der Waals surface area (Å²) in [6.07, 6.45) is 0.270. The number of carboxylic acids is 1. The molecule has 1 aromatic carbocycles. The number of nitrogens with two attached hydrogens (primary N) is 1. The number of halogens is 1. The predicted molar refractivity (Wildman–Crippen MR) is 64.7 cm³/mol. The van der Waals surface area contributed by atoms with E-state index < -0.39 is 12.0 Å². The Morgan fingerprint density at radius 1 is 1.62 bits per heavy atom. The number of aryl methyl sites for hydroxylation is 1. The van der Waals surface area contributed by atoms with Crippen LogP contribution in [0.5, 0.6) is 5.75 Å². The lowest BCUT2D eigenvalue weighted by molar-refractivity contribution is -0.138. The Balaban J connectivity index is 3.00. The lowest BCUT2D eigenvalue weighted by Crippen LogP contribution is -2.32. The van der Waals surface area contributed by atoms with Crippen LogP contribution in [0.15, 0.2) is 16.6 Å². The molecule has 0 aromatic heterocycles. The van der Waals surface area contributed by atoms with Crippen LogP contribution in [0.2, 0.25) is 0 Å². The first-order valence-electron chi connectivity index (χ1n) is 4.77. The average Bonchev–Trinajstić information content (AvgIpc) is 2.21. The Morgan fingerprint density at radius 3 is 2.75 bits per heavy atom. The van der Waals surface area contributed by atoms with Gasteiger partial charge in [-0.15, -0.1) is 0 Å². The van der Waals surface area contributed by atoms with Gasteiger partial charge in [-0.2, -0.15) is 0 Å². The predicted octanol–water partition coefficient (Wildman–Crippen LogP) is 1.72. The molecule has 0 amide bonds. The van der Waals surface area contributed by atoms with Crippen LogP contribution in [0.1, 0.15) is 11.1 Å². The molecular formula is C11H14BrNO3. The summed E-state index contributed by atoms with van der Waals surface area (Å²) in [5.74, 6) is -0.276. The highest BCUT2D eigenvalue weighted by molar-refractivity contribution is 9.10. The number of carboxylic acid groups (broad SMARTS) is 1. The SMILES string of the molecule is COc1cc(CC(N)C(=O)O)c(Br)cc1C. The number of carbonyl (C=O) groups is 1. The molecule has 5 heteroatoms. The van der Waals surface area contributed by atoms with Crippen LogP contribution in [-0.2, 0) is 11.2 Å². The van der Waals surface area contributed by atoms with Gasteiger partial charge < -0.3 is 15.6 Å². The monoisotopic (exact) mass is 287 g/mol. The first kappa shape index (κ1) is 13.0. The van der Waals surface area contributed by atoms with Crippen molar-refractivity contribution in [1.29, 1.82) is 0 Å². The van der Waals surface area contributed by atoms with Crippen LogP contribution in [0, 0.1) is 6.92 Å². The largest absolute Gasteiger partial charge is 0.496 e. The van der Waals surface area contributed by atoms with Crippen LogP contribution < -0.4 is 10.5 Å². The third kappa shape index (κ3) is 2.96. The number of hydrogen-bond donors (Lipinski definition) is 2. The smallest absolute Gasteiger partial charge is 0.320 e. The molecule has 0 spiro atoms. The minimum atomic E-state index is -1.01. The molecule has 0 bridgehead atoms. The van der Waals surface area contributed by atoms with Crippen LogP contribution in [0.25, 0.3) is 0 Å². The summed E-state index contributed by atoms with van der Waals surface area (Å²) in [5.41, 5.74) is 7.30. The summed E-state index contributed by atoms with van der Waals surface area (Å²) in [5, 5.41) is 8.74. The number of rotatable bonds is 4. The van der Waals surface area contributed by atoms with E-state index in [0.29, 0.717) is 0 Å². The lowest BCUT2D eigenvalue weighted by atomic mass is 10.0. The van der Waals surface area contributed by atoms with Gasteiger partial charge in [-0.05, 0) is 36.6 Å².